The highest BCUT2D eigenvalue weighted by Gasteiger charge is 2.31. The Bertz CT molecular complexity index is 876. The minimum atomic E-state index is 0.153. The van der Waals surface area contributed by atoms with E-state index in [4.69, 9.17) is 4.52 Å². The Morgan fingerprint density at radius 2 is 2.04 bits per heavy atom. The van der Waals surface area contributed by atoms with Crippen molar-refractivity contribution in [1.29, 1.82) is 0 Å². The zero-order valence-electron chi connectivity index (χ0n) is 14.2. The summed E-state index contributed by atoms with van der Waals surface area (Å²) in [6, 6.07) is 2.19. The first kappa shape index (κ1) is 14.8. The second-order valence-electron chi connectivity index (χ2n) is 6.90. The number of fused-ring (bicyclic) bond motifs is 1. The van der Waals surface area contributed by atoms with Gasteiger partial charge < -0.3 is 14.4 Å². The maximum atomic E-state index is 5.50. The number of aromatic nitrogens is 5. The highest BCUT2D eigenvalue weighted by atomic mass is 16.5. The van der Waals surface area contributed by atoms with Crippen LogP contribution < -0.4 is 4.90 Å². The van der Waals surface area contributed by atoms with Gasteiger partial charge in [0.2, 0.25) is 5.89 Å². The largest absolute Gasteiger partial charge is 0.353 e. The van der Waals surface area contributed by atoms with Crippen molar-refractivity contribution in [3.05, 3.63) is 30.3 Å². The van der Waals surface area contributed by atoms with E-state index in [9.17, 15) is 0 Å². The number of piperazine rings is 1. The topological polar surface area (TPSA) is 87.0 Å². The van der Waals surface area contributed by atoms with Gasteiger partial charge in [-0.2, -0.15) is 4.98 Å². The summed E-state index contributed by atoms with van der Waals surface area (Å²) in [6.07, 6.45) is 5.92. The molecule has 2 fully saturated rings. The van der Waals surface area contributed by atoms with Gasteiger partial charge in [-0.1, -0.05) is 5.16 Å². The van der Waals surface area contributed by atoms with Gasteiger partial charge in [0.1, 0.15) is 17.8 Å². The number of anilines is 1. The molecule has 0 spiro atoms. The molecule has 25 heavy (non-hydrogen) atoms. The summed E-state index contributed by atoms with van der Waals surface area (Å²) >= 11 is 0. The van der Waals surface area contributed by atoms with Gasteiger partial charge in [0.15, 0.2) is 5.82 Å². The van der Waals surface area contributed by atoms with Gasteiger partial charge in [-0.05, 0) is 25.8 Å². The van der Waals surface area contributed by atoms with E-state index in [1.54, 1.807) is 6.33 Å². The van der Waals surface area contributed by atoms with E-state index < -0.39 is 0 Å². The highest BCUT2D eigenvalue weighted by Crippen LogP contribution is 2.38. The molecule has 4 heterocycles. The smallest absolute Gasteiger partial charge is 0.243 e. The van der Waals surface area contributed by atoms with E-state index in [0.717, 1.165) is 54.7 Å². The van der Waals surface area contributed by atoms with Crippen molar-refractivity contribution in [2.24, 2.45) is 0 Å². The number of nitrogens with one attached hydrogen (secondary N) is 1. The first-order valence-electron chi connectivity index (χ1n) is 8.90. The van der Waals surface area contributed by atoms with Crippen molar-refractivity contribution >= 4 is 16.9 Å². The minimum Gasteiger partial charge on any atom is -0.353 e. The molecular formula is C17H21N7O. The molecule has 1 saturated heterocycles. The lowest BCUT2D eigenvalue weighted by Crippen LogP contribution is -2.47. The van der Waals surface area contributed by atoms with Crippen LogP contribution in [0.3, 0.4) is 0 Å². The van der Waals surface area contributed by atoms with Gasteiger partial charge in [-0.25, -0.2) is 9.97 Å². The van der Waals surface area contributed by atoms with Crippen LogP contribution >= 0.6 is 0 Å². The molecule has 1 atom stereocenters. The van der Waals surface area contributed by atoms with Crippen molar-refractivity contribution in [3.63, 3.8) is 0 Å². The van der Waals surface area contributed by atoms with Gasteiger partial charge >= 0.3 is 0 Å². The van der Waals surface area contributed by atoms with E-state index in [1.165, 1.54) is 12.8 Å². The predicted octanol–water partition coefficient (Wildman–Crippen LogP) is 2.10. The SMILES string of the molecule is CC(c1nc(C2CC2)no1)N1CCN(c2ncnc3[nH]ccc23)CC1. The second kappa shape index (κ2) is 5.80. The number of hydrogen-bond donors (Lipinski definition) is 1. The van der Waals surface area contributed by atoms with Crippen LogP contribution in [-0.4, -0.2) is 56.2 Å². The van der Waals surface area contributed by atoms with Gasteiger partial charge in [-0.3, -0.25) is 4.90 Å². The maximum absolute atomic E-state index is 5.50. The molecular weight excluding hydrogens is 318 g/mol. The van der Waals surface area contributed by atoms with E-state index >= 15 is 0 Å². The Labute approximate surface area is 145 Å². The summed E-state index contributed by atoms with van der Waals surface area (Å²) in [4.78, 5) is 21.2. The molecule has 130 valence electrons. The first-order valence-corrected chi connectivity index (χ1v) is 8.90. The Morgan fingerprint density at radius 1 is 1.20 bits per heavy atom. The Kier molecular flexibility index (Phi) is 3.44. The van der Waals surface area contributed by atoms with Crippen molar-refractivity contribution in [3.8, 4) is 0 Å². The van der Waals surface area contributed by atoms with Crippen LogP contribution in [0.15, 0.2) is 23.1 Å². The van der Waals surface area contributed by atoms with Crippen LogP contribution in [0.4, 0.5) is 5.82 Å². The summed E-state index contributed by atoms with van der Waals surface area (Å²) < 4.78 is 5.50. The van der Waals surface area contributed by atoms with Crippen molar-refractivity contribution < 1.29 is 4.52 Å². The van der Waals surface area contributed by atoms with Gasteiger partial charge in [0.25, 0.3) is 0 Å². The number of H-pyrrole nitrogens is 1. The third-order valence-electron chi connectivity index (χ3n) is 5.25. The van der Waals surface area contributed by atoms with Gasteiger partial charge in [0.05, 0.1) is 11.4 Å². The molecule has 0 radical (unpaired) electrons. The molecule has 0 aromatic carbocycles. The molecule has 2 aliphatic rings. The van der Waals surface area contributed by atoms with Crippen LogP contribution in [0, 0.1) is 0 Å². The monoisotopic (exact) mass is 339 g/mol. The third-order valence-corrected chi connectivity index (χ3v) is 5.25. The predicted molar refractivity (Wildman–Crippen MR) is 92.4 cm³/mol. The lowest BCUT2D eigenvalue weighted by atomic mass is 10.2. The molecule has 5 rings (SSSR count). The minimum absolute atomic E-state index is 0.153. The van der Waals surface area contributed by atoms with Gasteiger partial charge in [0, 0.05) is 38.3 Å². The third kappa shape index (κ3) is 2.66. The Balaban J connectivity index is 1.28. The first-order chi connectivity index (χ1) is 12.3. The fourth-order valence-corrected chi connectivity index (χ4v) is 3.51. The zero-order valence-corrected chi connectivity index (χ0v) is 14.2. The molecule has 8 heteroatoms. The summed E-state index contributed by atoms with van der Waals surface area (Å²) in [6.45, 7) is 5.88. The fourth-order valence-electron chi connectivity index (χ4n) is 3.51. The Hall–Kier alpha value is -2.48. The summed E-state index contributed by atoms with van der Waals surface area (Å²) in [7, 11) is 0. The molecule has 1 N–H and O–H groups in total. The summed E-state index contributed by atoms with van der Waals surface area (Å²) in [5.74, 6) is 3.16. The van der Waals surface area contributed by atoms with E-state index in [2.05, 4.69) is 41.8 Å². The van der Waals surface area contributed by atoms with Crippen LogP contribution in [0.25, 0.3) is 11.0 Å². The van der Waals surface area contributed by atoms with Crippen LogP contribution in [-0.2, 0) is 0 Å². The zero-order chi connectivity index (χ0) is 16.8. The van der Waals surface area contributed by atoms with E-state index in [0.29, 0.717) is 5.92 Å². The molecule has 0 bridgehead atoms. The van der Waals surface area contributed by atoms with Crippen LogP contribution in [0.2, 0.25) is 0 Å². The molecule has 0 amide bonds. The number of hydrogen-bond acceptors (Lipinski definition) is 7. The quantitative estimate of drug-likeness (QED) is 0.779. The van der Waals surface area contributed by atoms with Crippen molar-refractivity contribution in [2.75, 3.05) is 31.1 Å². The standard InChI is InChI=1S/C17H21N7O/c1-11(17-21-14(22-25-17)12-2-3-12)23-6-8-24(9-7-23)16-13-4-5-18-15(13)19-10-20-16/h4-5,10-12H,2-3,6-9H2,1H3,(H,18,19,20). The second-order valence-corrected chi connectivity index (χ2v) is 6.90. The average Bonchev–Trinajstić information content (AvgIpc) is 3.19. The number of rotatable bonds is 4. The van der Waals surface area contributed by atoms with Gasteiger partial charge in [-0.15, -0.1) is 0 Å². The summed E-state index contributed by atoms with van der Waals surface area (Å²) in [5.41, 5.74) is 0.888. The molecule has 3 aromatic rings. The molecule has 3 aromatic heterocycles. The average molecular weight is 339 g/mol. The summed E-state index contributed by atoms with van der Waals surface area (Å²) in [5, 5.41) is 5.22. The van der Waals surface area contributed by atoms with E-state index in [1.807, 2.05) is 12.3 Å². The fraction of sp³-hybridized carbons (Fsp3) is 0.529. The van der Waals surface area contributed by atoms with Crippen molar-refractivity contribution in [1.82, 2.24) is 30.0 Å². The highest BCUT2D eigenvalue weighted by molar-refractivity contribution is 5.87. The molecule has 1 aliphatic carbocycles. The normalized spacial score (nSPS) is 20.3. The number of nitrogens with zero attached hydrogens (tertiary/aromatic N) is 6. The van der Waals surface area contributed by atoms with Crippen LogP contribution in [0.5, 0.6) is 0 Å². The lowest BCUT2D eigenvalue weighted by molar-refractivity contribution is 0.164. The lowest BCUT2D eigenvalue weighted by Gasteiger charge is -2.37. The van der Waals surface area contributed by atoms with Crippen LogP contribution in [0.1, 0.15) is 43.4 Å². The van der Waals surface area contributed by atoms with Crippen molar-refractivity contribution in [2.45, 2.75) is 31.7 Å². The molecule has 1 saturated carbocycles. The molecule has 8 nitrogen and oxygen atoms in total. The Morgan fingerprint density at radius 3 is 2.84 bits per heavy atom. The molecule has 1 unspecified atom stereocenters. The molecule has 1 aliphatic heterocycles. The number of aromatic amines is 1. The van der Waals surface area contributed by atoms with E-state index in [-0.39, 0.29) is 6.04 Å². The maximum Gasteiger partial charge on any atom is 0.243 e.